The molecule has 1 aromatic carbocycles. The minimum atomic E-state index is -0.990. The van der Waals surface area contributed by atoms with Crippen LogP contribution in [-0.2, 0) is 0 Å². The normalized spacial score (nSPS) is 12.4. The Balaban J connectivity index is 3.29. The Bertz CT molecular complexity index is 350. The molecule has 0 aliphatic rings. The number of carboxylic acids is 1. The molecule has 0 aliphatic carbocycles. The van der Waals surface area contributed by atoms with Crippen LogP contribution in [0, 0.1) is 0 Å². The smallest absolute Gasteiger partial charge is 0.336 e. The summed E-state index contributed by atoms with van der Waals surface area (Å²) in [4.78, 5) is 10.9. The maximum atomic E-state index is 10.9. The molecule has 0 spiro atoms. The van der Waals surface area contributed by atoms with Gasteiger partial charge in [-0.15, -0.1) is 0 Å². The molecule has 1 atom stereocenters. The lowest BCUT2D eigenvalue weighted by molar-refractivity contribution is 0.0695. The predicted molar refractivity (Wildman–Crippen MR) is 55.0 cm³/mol. The van der Waals surface area contributed by atoms with Gasteiger partial charge in [-0.05, 0) is 18.6 Å². The summed E-state index contributed by atoms with van der Waals surface area (Å²) in [5.74, 6) is -0.990. The molecule has 1 rings (SSSR count). The SMILES string of the molecule is CC[C@@H](N)c1c(N)cccc1C(=O)O. The van der Waals surface area contributed by atoms with Crippen LogP contribution < -0.4 is 11.5 Å². The summed E-state index contributed by atoms with van der Waals surface area (Å²) in [6.45, 7) is 1.89. The molecule has 1 aromatic rings. The lowest BCUT2D eigenvalue weighted by Crippen LogP contribution is -2.16. The van der Waals surface area contributed by atoms with Crippen molar-refractivity contribution in [3.05, 3.63) is 29.3 Å². The minimum absolute atomic E-state index is 0.194. The van der Waals surface area contributed by atoms with Crippen LogP contribution >= 0.6 is 0 Å². The number of rotatable bonds is 3. The van der Waals surface area contributed by atoms with E-state index in [0.29, 0.717) is 17.7 Å². The van der Waals surface area contributed by atoms with E-state index in [1.165, 1.54) is 6.07 Å². The van der Waals surface area contributed by atoms with Gasteiger partial charge in [0.1, 0.15) is 0 Å². The quantitative estimate of drug-likeness (QED) is 0.634. The Labute approximate surface area is 82.5 Å². The summed E-state index contributed by atoms with van der Waals surface area (Å²) in [7, 11) is 0. The molecule has 14 heavy (non-hydrogen) atoms. The third-order valence-electron chi connectivity index (χ3n) is 2.18. The van der Waals surface area contributed by atoms with E-state index in [1.807, 2.05) is 6.92 Å². The number of anilines is 1. The largest absolute Gasteiger partial charge is 0.478 e. The summed E-state index contributed by atoms with van der Waals surface area (Å²) in [6, 6.07) is 4.48. The molecule has 5 N–H and O–H groups in total. The van der Waals surface area contributed by atoms with Gasteiger partial charge in [0.2, 0.25) is 0 Å². The van der Waals surface area contributed by atoms with Gasteiger partial charge in [0.15, 0.2) is 0 Å². The topological polar surface area (TPSA) is 89.3 Å². The number of aromatic carboxylic acids is 1. The number of hydrogen-bond acceptors (Lipinski definition) is 3. The van der Waals surface area contributed by atoms with Gasteiger partial charge in [-0.2, -0.15) is 0 Å². The molecule has 0 unspecified atom stereocenters. The van der Waals surface area contributed by atoms with Gasteiger partial charge in [0.25, 0.3) is 0 Å². The highest BCUT2D eigenvalue weighted by molar-refractivity contribution is 5.91. The fraction of sp³-hybridized carbons (Fsp3) is 0.300. The zero-order valence-corrected chi connectivity index (χ0v) is 8.03. The number of carboxylic acid groups (broad SMARTS) is 1. The summed E-state index contributed by atoms with van der Waals surface area (Å²) in [5.41, 5.74) is 12.7. The third kappa shape index (κ3) is 1.85. The highest BCUT2D eigenvalue weighted by atomic mass is 16.4. The average Bonchev–Trinajstić information content (AvgIpc) is 2.16. The highest BCUT2D eigenvalue weighted by Crippen LogP contribution is 2.25. The second-order valence-corrected chi connectivity index (χ2v) is 3.13. The summed E-state index contributed by atoms with van der Waals surface area (Å²) in [5, 5.41) is 8.92. The van der Waals surface area contributed by atoms with Crippen molar-refractivity contribution in [3.8, 4) is 0 Å². The van der Waals surface area contributed by atoms with E-state index in [-0.39, 0.29) is 11.6 Å². The first-order valence-electron chi connectivity index (χ1n) is 4.45. The van der Waals surface area contributed by atoms with Crippen LogP contribution in [0.15, 0.2) is 18.2 Å². The molecule has 0 bridgehead atoms. The molecule has 76 valence electrons. The number of carbonyl (C=O) groups is 1. The summed E-state index contributed by atoms with van der Waals surface area (Å²) < 4.78 is 0. The molecule has 0 radical (unpaired) electrons. The zero-order valence-electron chi connectivity index (χ0n) is 8.03. The zero-order chi connectivity index (χ0) is 10.7. The van der Waals surface area contributed by atoms with E-state index in [4.69, 9.17) is 16.6 Å². The number of benzene rings is 1. The predicted octanol–water partition coefficient (Wildman–Crippen LogP) is 1.38. The standard InChI is InChI=1S/C10H14N2O2/c1-2-7(11)9-6(10(13)14)4-3-5-8(9)12/h3-5,7H,2,11-12H2,1H3,(H,13,14)/t7-/m1/s1. The van der Waals surface area contributed by atoms with Gasteiger partial charge in [-0.3, -0.25) is 0 Å². The first kappa shape index (κ1) is 10.5. The third-order valence-corrected chi connectivity index (χ3v) is 2.18. The fourth-order valence-electron chi connectivity index (χ4n) is 1.39. The van der Waals surface area contributed by atoms with Crippen LogP contribution in [0.25, 0.3) is 0 Å². The number of nitrogen functional groups attached to an aromatic ring is 1. The molecule has 0 fully saturated rings. The highest BCUT2D eigenvalue weighted by Gasteiger charge is 2.16. The molecule has 4 heteroatoms. The van der Waals surface area contributed by atoms with E-state index in [9.17, 15) is 4.79 Å². The molecule has 0 saturated heterocycles. The first-order valence-corrected chi connectivity index (χ1v) is 4.45. The Morgan fingerprint density at radius 2 is 2.21 bits per heavy atom. The van der Waals surface area contributed by atoms with Crippen molar-refractivity contribution < 1.29 is 9.90 Å². The Morgan fingerprint density at radius 3 is 2.71 bits per heavy atom. The van der Waals surface area contributed by atoms with Gasteiger partial charge in [-0.1, -0.05) is 13.0 Å². The lowest BCUT2D eigenvalue weighted by Gasteiger charge is -2.14. The molecular formula is C10H14N2O2. The van der Waals surface area contributed by atoms with Crippen molar-refractivity contribution in [1.29, 1.82) is 0 Å². The fourth-order valence-corrected chi connectivity index (χ4v) is 1.39. The minimum Gasteiger partial charge on any atom is -0.478 e. The van der Waals surface area contributed by atoms with Crippen LogP contribution in [0.4, 0.5) is 5.69 Å². The van der Waals surface area contributed by atoms with Gasteiger partial charge < -0.3 is 16.6 Å². The molecule has 0 aliphatic heterocycles. The maximum Gasteiger partial charge on any atom is 0.336 e. The first-order chi connectivity index (χ1) is 6.57. The van der Waals surface area contributed by atoms with Gasteiger partial charge in [-0.25, -0.2) is 4.79 Å². The van der Waals surface area contributed by atoms with Crippen LogP contribution in [-0.4, -0.2) is 11.1 Å². The van der Waals surface area contributed by atoms with Crippen LogP contribution in [0.2, 0.25) is 0 Å². The van der Waals surface area contributed by atoms with Gasteiger partial charge >= 0.3 is 5.97 Å². The number of nitrogens with two attached hydrogens (primary N) is 2. The van der Waals surface area contributed by atoms with Crippen molar-refractivity contribution in [2.24, 2.45) is 5.73 Å². The van der Waals surface area contributed by atoms with Gasteiger partial charge in [0, 0.05) is 17.3 Å². The lowest BCUT2D eigenvalue weighted by atomic mass is 9.97. The van der Waals surface area contributed by atoms with Crippen molar-refractivity contribution in [2.75, 3.05) is 5.73 Å². The van der Waals surface area contributed by atoms with Crippen LogP contribution in [0.1, 0.15) is 35.3 Å². The Morgan fingerprint density at radius 1 is 1.57 bits per heavy atom. The van der Waals surface area contributed by atoms with E-state index < -0.39 is 5.97 Å². The van der Waals surface area contributed by atoms with Crippen molar-refractivity contribution in [2.45, 2.75) is 19.4 Å². The molecular weight excluding hydrogens is 180 g/mol. The summed E-state index contributed by atoms with van der Waals surface area (Å²) in [6.07, 6.45) is 0.661. The Hall–Kier alpha value is -1.55. The van der Waals surface area contributed by atoms with Crippen LogP contribution in [0.5, 0.6) is 0 Å². The maximum absolute atomic E-state index is 10.9. The molecule has 0 amide bonds. The van der Waals surface area contributed by atoms with E-state index in [2.05, 4.69) is 0 Å². The molecule has 4 nitrogen and oxygen atoms in total. The molecule has 0 saturated carbocycles. The van der Waals surface area contributed by atoms with Crippen molar-refractivity contribution in [3.63, 3.8) is 0 Å². The molecule has 0 heterocycles. The van der Waals surface area contributed by atoms with E-state index in [0.717, 1.165) is 0 Å². The monoisotopic (exact) mass is 194 g/mol. The van der Waals surface area contributed by atoms with Crippen LogP contribution in [0.3, 0.4) is 0 Å². The average molecular weight is 194 g/mol. The van der Waals surface area contributed by atoms with Gasteiger partial charge in [0.05, 0.1) is 5.56 Å². The Kier molecular flexibility index (Phi) is 3.09. The van der Waals surface area contributed by atoms with E-state index >= 15 is 0 Å². The van der Waals surface area contributed by atoms with E-state index in [1.54, 1.807) is 12.1 Å². The summed E-state index contributed by atoms with van der Waals surface area (Å²) >= 11 is 0. The second kappa shape index (κ2) is 4.11. The number of hydrogen-bond donors (Lipinski definition) is 3. The second-order valence-electron chi connectivity index (χ2n) is 3.13. The molecule has 0 aromatic heterocycles. The van der Waals surface area contributed by atoms with Crippen molar-refractivity contribution in [1.82, 2.24) is 0 Å². The van der Waals surface area contributed by atoms with Crippen molar-refractivity contribution >= 4 is 11.7 Å².